The van der Waals surface area contributed by atoms with Crippen LogP contribution in [-0.4, -0.2) is 0 Å². The van der Waals surface area contributed by atoms with Crippen molar-refractivity contribution in [2.75, 3.05) is 0 Å². The van der Waals surface area contributed by atoms with Crippen LogP contribution in [0.2, 0.25) is 0 Å². The van der Waals surface area contributed by atoms with E-state index in [1.807, 2.05) is 19.1 Å². The molecule has 0 aliphatic heterocycles. The van der Waals surface area contributed by atoms with Gasteiger partial charge in [0.1, 0.15) is 4.47 Å². The zero-order chi connectivity index (χ0) is 7.56. The topological polar surface area (TPSA) is 28.1 Å². The van der Waals surface area contributed by atoms with Crippen molar-refractivity contribution in [1.82, 2.24) is 0 Å². The van der Waals surface area contributed by atoms with Crippen molar-refractivity contribution in [3.05, 3.63) is 33.2 Å². The second-order valence-corrected chi connectivity index (χ2v) is 2.91. The molecule has 1 rings (SSSR count). The van der Waals surface area contributed by atoms with Gasteiger partial charge in [-0.25, -0.2) is 0 Å². The quantitative estimate of drug-likeness (QED) is 0.590. The minimum absolute atomic E-state index is 0. The number of hydrogen-bond donors (Lipinski definition) is 0. The van der Waals surface area contributed by atoms with Crippen molar-refractivity contribution < 1.29 is 12.4 Å². The SMILES string of the molecule is Cc1ccc([N+]#N)c(Br)c1.[Cl-]. The van der Waals surface area contributed by atoms with Crippen LogP contribution in [-0.2, 0) is 0 Å². The van der Waals surface area contributed by atoms with Gasteiger partial charge >= 0.3 is 5.69 Å². The minimum Gasteiger partial charge on any atom is -1.00 e. The highest BCUT2D eigenvalue weighted by atomic mass is 79.9. The zero-order valence-electron chi connectivity index (χ0n) is 5.88. The van der Waals surface area contributed by atoms with Crippen LogP contribution in [0.4, 0.5) is 5.69 Å². The van der Waals surface area contributed by atoms with Gasteiger partial charge in [-0.1, -0.05) is 6.07 Å². The van der Waals surface area contributed by atoms with E-state index in [2.05, 4.69) is 20.9 Å². The third-order valence-electron chi connectivity index (χ3n) is 1.21. The molecule has 0 spiro atoms. The van der Waals surface area contributed by atoms with Gasteiger partial charge in [-0.2, -0.15) is 0 Å². The van der Waals surface area contributed by atoms with Crippen molar-refractivity contribution in [2.45, 2.75) is 6.92 Å². The molecule has 0 unspecified atom stereocenters. The van der Waals surface area contributed by atoms with Gasteiger partial charge in [0.05, 0.1) is 0 Å². The van der Waals surface area contributed by atoms with Crippen molar-refractivity contribution in [2.24, 2.45) is 0 Å². The summed E-state index contributed by atoms with van der Waals surface area (Å²) in [4.78, 5) is 3.06. The summed E-state index contributed by atoms with van der Waals surface area (Å²) in [5.41, 5.74) is 1.70. The monoisotopic (exact) mass is 232 g/mol. The van der Waals surface area contributed by atoms with E-state index in [4.69, 9.17) is 5.39 Å². The summed E-state index contributed by atoms with van der Waals surface area (Å²) in [5, 5.41) is 8.40. The van der Waals surface area contributed by atoms with Crippen LogP contribution in [0, 0.1) is 12.3 Å². The van der Waals surface area contributed by atoms with E-state index < -0.39 is 0 Å². The molecule has 0 saturated heterocycles. The molecule has 0 radical (unpaired) electrons. The van der Waals surface area contributed by atoms with E-state index in [-0.39, 0.29) is 12.4 Å². The van der Waals surface area contributed by atoms with Crippen LogP contribution in [0.1, 0.15) is 5.56 Å². The molecule has 1 aromatic rings. The lowest BCUT2D eigenvalue weighted by Gasteiger charge is -1.87. The Morgan fingerprint density at radius 2 is 2.09 bits per heavy atom. The number of nitrogens with zero attached hydrogens (tertiary/aromatic N) is 2. The highest BCUT2D eigenvalue weighted by molar-refractivity contribution is 9.10. The maximum atomic E-state index is 8.40. The third-order valence-corrected chi connectivity index (χ3v) is 1.85. The Labute approximate surface area is 79.8 Å². The Balaban J connectivity index is 0.000001000. The van der Waals surface area contributed by atoms with Crippen molar-refractivity contribution in [1.29, 1.82) is 5.39 Å². The first-order chi connectivity index (χ1) is 4.74. The van der Waals surface area contributed by atoms with Gasteiger partial charge in [-0.05, 0) is 34.5 Å². The van der Waals surface area contributed by atoms with Crippen LogP contribution in [0.5, 0.6) is 0 Å². The van der Waals surface area contributed by atoms with E-state index >= 15 is 0 Å². The Bertz CT molecular complexity index is 293. The summed E-state index contributed by atoms with van der Waals surface area (Å²) < 4.78 is 0.815. The summed E-state index contributed by atoms with van der Waals surface area (Å²) >= 11 is 3.25. The molecule has 0 bridgehead atoms. The van der Waals surface area contributed by atoms with E-state index in [1.165, 1.54) is 0 Å². The predicted molar refractivity (Wildman–Crippen MR) is 43.6 cm³/mol. The zero-order valence-corrected chi connectivity index (χ0v) is 8.22. The fraction of sp³-hybridized carbons (Fsp3) is 0.143. The average molecular weight is 233 g/mol. The molecule has 0 N–H and O–H groups in total. The van der Waals surface area contributed by atoms with Crippen molar-refractivity contribution in [3.63, 3.8) is 0 Å². The van der Waals surface area contributed by atoms with E-state index in [9.17, 15) is 0 Å². The first kappa shape index (κ1) is 10.4. The molecule has 0 aliphatic rings. The molecular formula is C7H6BrClN2. The van der Waals surface area contributed by atoms with Gasteiger partial charge in [0.15, 0.2) is 4.98 Å². The van der Waals surface area contributed by atoms with Gasteiger partial charge in [0, 0.05) is 6.07 Å². The van der Waals surface area contributed by atoms with Crippen LogP contribution >= 0.6 is 15.9 Å². The summed E-state index contributed by atoms with van der Waals surface area (Å²) in [5.74, 6) is 0. The Morgan fingerprint density at radius 1 is 1.45 bits per heavy atom. The molecule has 58 valence electrons. The maximum Gasteiger partial charge on any atom is 0.399 e. The number of diazo groups is 1. The number of rotatable bonds is 0. The molecule has 0 fully saturated rings. The molecule has 0 heterocycles. The molecule has 0 atom stereocenters. The molecule has 2 nitrogen and oxygen atoms in total. The van der Waals surface area contributed by atoms with Gasteiger partial charge < -0.3 is 12.4 Å². The Kier molecular flexibility index (Phi) is 4.09. The lowest BCUT2D eigenvalue weighted by Crippen LogP contribution is -3.00. The molecule has 1 aromatic carbocycles. The predicted octanol–water partition coefficient (Wildman–Crippen LogP) is 0.246. The first-order valence-electron chi connectivity index (χ1n) is 2.85. The summed E-state index contributed by atoms with van der Waals surface area (Å²) in [6, 6.07) is 5.54. The molecule has 0 saturated carbocycles. The van der Waals surface area contributed by atoms with E-state index in [0.717, 1.165) is 10.0 Å². The van der Waals surface area contributed by atoms with Crippen LogP contribution < -0.4 is 12.4 Å². The lowest BCUT2D eigenvalue weighted by atomic mass is 10.2. The lowest BCUT2D eigenvalue weighted by molar-refractivity contribution is -0.00000222. The van der Waals surface area contributed by atoms with Crippen LogP contribution in [0.15, 0.2) is 22.7 Å². The molecule has 4 heteroatoms. The second-order valence-electron chi connectivity index (χ2n) is 2.05. The number of aryl methyl sites for hydroxylation is 1. The Morgan fingerprint density at radius 3 is 2.55 bits per heavy atom. The largest absolute Gasteiger partial charge is 1.00 e. The standard InChI is InChI=1S/C7H6BrN2.ClH/c1-5-2-3-7(10-9)6(8)4-5;/h2-4H,1H3;1H/q+1;/p-1. The highest BCUT2D eigenvalue weighted by Crippen LogP contribution is 2.25. The number of halogens is 2. The molecule has 11 heavy (non-hydrogen) atoms. The minimum atomic E-state index is 0. The normalized spacial score (nSPS) is 8.09. The fourth-order valence-corrected chi connectivity index (χ4v) is 1.27. The molecule has 0 aliphatic carbocycles. The second kappa shape index (κ2) is 4.32. The van der Waals surface area contributed by atoms with Gasteiger partial charge in [0.2, 0.25) is 5.39 Å². The summed E-state index contributed by atoms with van der Waals surface area (Å²) in [7, 11) is 0. The maximum absolute atomic E-state index is 8.40. The van der Waals surface area contributed by atoms with E-state index in [0.29, 0.717) is 5.69 Å². The van der Waals surface area contributed by atoms with Crippen LogP contribution in [0.3, 0.4) is 0 Å². The smallest absolute Gasteiger partial charge is 0.399 e. The van der Waals surface area contributed by atoms with E-state index in [1.54, 1.807) is 6.07 Å². The number of benzene rings is 1. The van der Waals surface area contributed by atoms with Gasteiger partial charge in [0.25, 0.3) is 0 Å². The molecule has 0 aromatic heterocycles. The average Bonchev–Trinajstić information content (AvgIpc) is 1.88. The fourth-order valence-electron chi connectivity index (χ4n) is 0.693. The van der Waals surface area contributed by atoms with Crippen molar-refractivity contribution in [3.8, 4) is 0 Å². The highest BCUT2D eigenvalue weighted by Gasteiger charge is 2.08. The molecular weight excluding hydrogens is 227 g/mol. The number of hydrogen-bond acceptors (Lipinski definition) is 1. The Hall–Kier alpha value is -0.590. The summed E-state index contributed by atoms with van der Waals surface area (Å²) in [6.07, 6.45) is 0. The third kappa shape index (κ3) is 2.49. The molecule has 0 amide bonds. The van der Waals surface area contributed by atoms with Crippen molar-refractivity contribution >= 4 is 21.6 Å². The van der Waals surface area contributed by atoms with Crippen LogP contribution in [0.25, 0.3) is 4.98 Å². The first-order valence-corrected chi connectivity index (χ1v) is 3.64. The summed E-state index contributed by atoms with van der Waals surface area (Å²) in [6.45, 7) is 1.98. The van der Waals surface area contributed by atoms with Gasteiger partial charge in [-0.3, -0.25) is 0 Å². The van der Waals surface area contributed by atoms with Gasteiger partial charge in [-0.15, -0.1) is 0 Å².